The van der Waals surface area contributed by atoms with Gasteiger partial charge in [0.15, 0.2) is 0 Å². The average molecular weight is 198 g/mol. The number of aromatic nitrogens is 3. The van der Waals surface area contributed by atoms with E-state index in [1.165, 1.54) is 0 Å². The lowest BCUT2D eigenvalue weighted by Crippen LogP contribution is -2.14. The molecule has 1 amide bonds. The van der Waals surface area contributed by atoms with E-state index >= 15 is 0 Å². The summed E-state index contributed by atoms with van der Waals surface area (Å²) in [6, 6.07) is 0. The van der Waals surface area contributed by atoms with Gasteiger partial charge < -0.3 is 5.11 Å². The lowest BCUT2D eigenvalue weighted by Gasteiger charge is -1.97. The highest BCUT2D eigenvalue weighted by Gasteiger charge is 2.07. The Morgan fingerprint density at radius 3 is 2.71 bits per heavy atom. The molecule has 0 saturated carbocycles. The predicted octanol–water partition coefficient (Wildman–Crippen LogP) is -0.0836. The third-order valence-corrected chi connectivity index (χ3v) is 1.41. The number of carbonyl (C=O) groups excluding carboxylic acids is 1. The Balaban J connectivity index is 2.37. The number of amides is 1. The summed E-state index contributed by atoms with van der Waals surface area (Å²) in [5.74, 6) is -0.672. The van der Waals surface area contributed by atoms with Crippen molar-refractivity contribution in [3.05, 3.63) is 5.82 Å². The second-order valence-electron chi connectivity index (χ2n) is 2.69. The number of aromatic amines is 1. The highest BCUT2D eigenvalue weighted by atomic mass is 16.4. The van der Waals surface area contributed by atoms with Gasteiger partial charge in [-0.2, -0.15) is 4.98 Å². The third-order valence-electron chi connectivity index (χ3n) is 1.41. The Bertz CT molecular complexity index is 346. The number of hydrogen-bond acceptors (Lipinski definition) is 4. The van der Waals surface area contributed by atoms with Crippen LogP contribution in [0.15, 0.2) is 0 Å². The number of rotatable bonds is 4. The van der Waals surface area contributed by atoms with Gasteiger partial charge in [-0.05, 0) is 6.92 Å². The molecule has 7 heteroatoms. The summed E-state index contributed by atoms with van der Waals surface area (Å²) in [5.41, 5.74) is 0. The summed E-state index contributed by atoms with van der Waals surface area (Å²) in [6.07, 6.45) is -0.280. The highest BCUT2D eigenvalue weighted by molar-refractivity contribution is 5.90. The molecule has 14 heavy (non-hydrogen) atoms. The molecule has 0 atom stereocenters. The second kappa shape index (κ2) is 4.35. The number of anilines is 1. The monoisotopic (exact) mass is 198 g/mol. The minimum absolute atomic E-state index is 0.0804. The van der Waals surface area contributed by atoms with Crippen LogP contribution in [-0.2, 0) is 9.59 Å². The van der Waals surface area contributed by atoms with E-state index < -0.39 is 11.9 Å². The van der Waals surface area contributed by atoms with Crippen LogP contribution < -0.4 is 5.32 Å². The van der Waals surface area contributed by atoms with Crippen LogP contribution >= 0.6 is 0 Å². The topological polar surface area (TPSA) is 108 Å². The number of nitrogens with one attached hydrogen (secondary N) is 2. The zero-order valence-electron chi connectivity index (χ0n) is 7.57. The first-order valence-electron chi connectivity index (χ1n) is 3.98. The maximum absolute atomic E-state index is 11.1. The van der Waals surface area contributed by atoms with Crippen LogP contribution in [0.2, 0.25) is 0 Å². The summed E-state index contributed by atoms with van der Waals surface area (Å²) in [4.78, 5) is 25.0. The molecule has 0 saturated heterocycles. The Kier molecular flexibility index (Phi) is 3.16. The summed E-state index contributed by atoms with van der Waals surface area (Å²) < 4.78 is 0. The molecule has 3 N–H and O–H groups in total. The molecule has 1 aromatic heterocycles. The van der Waals surface area contributed by atoms with Crippen LogP contribution in [0.4, 0.5) is 5.95 Å². The van der Waals surface area contributed by atoms with Gasteiger partial charge >= 0.3 is 5.97 Å². The minimum atomic E-state index is -1.01. The van der Waals surface area contributed by atoms with Gasteiger partial charge in [0.2, 0.25) is 11.9 Å². The van der Waals surface area contributed by atoms with E-state index in [1.807, 2.05) is 0 Å². The van der Waals surface area contributed by atoms with Crippen molar-refractivity contribution in [2.45, 2.75) is 19.8 Å². The molecular formula is C7H10N4O3. The quantitative estimate of drug-likeness (QED) is 0.626. The van der Waals surface area contributed by atoms with Gasteiger partial charge in [-0.15, -0.1) is 5.10 Å². The van der Waals surface area contributed by atoms with E-state index in [4.69, 9.17) is 5.11 Å². The van der Waals surface area contributed by atoms with Crippen molar-refractivity contribution < 1.29 is 14.7 Å². The molecule has 0 aromatic carbocycles. The Morgan fingerprint density at radius 2 is 2.21 bits per heavy atom. The summed E-state index contributed by atoms with van der Waals surface area (Å²) in [5, 5.41) is 16.9. The van der Waals surface area contributed by atoms with Gasteiger partial charge in [0.25, 0.3) is 0 Å². The van der Waals surface area contributed by atoms with E-state index in [0.29, 0.717) is 5.82 Å². The number of carbonyl (C=O) groups is 2. The first-order valence-corrected chi connectivity index (χ1v) is 3.98. The van der Waals surface area contributed by atoms with E-state index in [2.05, 4.69) is 20.5 Å². The number of carboxylic acids is 1. The van der Waals surface area contributed by atoms with Gasteiger partial charge in [0, 0.05) is 6.42 Å². The molecule has 1 aromatic rings. The van der Waals surface area contributed by atoms with Gasteiger partial charge in [0.1, 0.15) is 5.82 Å². The van der Waals surface area contributed by atoms with Crippen LogP contribution in [0, 0.1) is 6.92 Å². The standard InChI is InChI=1S/C7H10N4O3/c1-4-8-7(11-10-4)9-5(12)2-3-6(13)14/h2-3H2,1H3,(H,13,14)(H2,8,9,10,11,12). The molecule has 1 heterocycles. The molecule has 0 fully saturated rings. The number of aryl methyl sites for hydroxylation is 1. The Morgan fingerprint density at radius 1 is 1.50 bits per heavy atom. The smallest absolute Gasteiger partial charge is 0.303 e. The fourth-order valence-corrected chi connectivity index (χ4v) is 0.806. The van der Waals surface area contributed by atoms with E-state index in [0.717, 1.165) is 0 Å². The van der Waals surface area contributed by atoms with Crippen molar-refractivity contribution in [3.63, 3.8) is 0 Å². The minimum Gasteiger partial charge on any atom is -0.481 e. The van der Waals surface area contributed by atoms with Crippen molar-refractivity contribution in [3.8, 4) is 0 Å². The van der Waals surface area contributed by atoms with Crippen LogP contribution in [-0.4, -0.2) is 32.2 Å². The molecule has 1 rings (SSSR count). The van der Waals surface area contributed by atoms with Crippen LogP contribution in [0.25, 0.3) is 0 Å². The van der Waals surface area contributed by atoms with Gasteiger partial charge in [-0.25, -0.2) is 0 Å². The molecule has 0 aliphatic carbocycles. The number of nitrogens with zero attached hydrogens (tertiary/aromatic N) is 2. The molecule has 0 radical (unpaired) electrons. The highest BCUT2D eigenvalue weighted by Crippen LogP contribution is 1.99. The van der Waals surface area contributed by atoms with Crippen molar-refractivity contribution >= 4 is 17.8 Å². The summed E-state index contributed by atoms with van der Waals surface area (Å²) >= 11 is 0. The lowest BCUT2D eigenvalue weighted by molar-refractivity contribution is -0.138. The molecule has 7 nitrogen and oxygen atoms in total. The predicted molar refractivity (Wildman–Crippen MR) is 46.6 cm³/mol. The first kappa shape index (κ1) is 10.2. The third kappa shape index (κ3) is 3.21. The Hall–Kier alpha value is -1.92. The maximum atomic E-state index is 11.1. The molecule has 0 spiro atoms. The van der Waals surface area contributed by atoms with Crippen molar-refractivity contribution in [1.29, 1.82) is 0 Å². The number of carboxylic acid groups (broad SMARTS) is 1. The SMILES string of the molecule is Cc1nc(NC(=O)CCC(=O)O)n[nH]1. The molecule has 0 unspecified atom stereocenters. The first-order chi connectivity index (χ1) is 6.58. The molecule has 0 aliphatic rings. The van der Waals surface area contributed by atoms with E-state index in [1.54, 1.807) is 6.92 Å². The zero-order valence-corrected chi connectivity index (χ0v) is 7.57. The molecule has 0 bridgehead atoms. The maximum Gasteiger partial charge on any atom is 0.303 e. The normalized spacial score (nSPS) is 9.79. The van der Waals surface area contributed by atoms with Gasteiger partial charge in [-0.3, -0.25) is 20.0 Å². The van der Waals surface area contributed by atoms with Crippen LogP contribution in [0.5, 0.6) is 0 Å². The number of aliphatic carboxylic acids is 1. The van der Waals surface area contributed by atoms with E-state index in [-0.39, 0.29) is 18.8 Å². The molecular weight excluding hydrogens is 188 g/mol. The largest absolute Gasteiger partial charge is 0.481 e. The zero-order chi connectivity index (χ0) is 10.6. The second-order valence-corrected chi connectivity index (χ2v) is 2.69. The van der Waals surface area contributed by atoms with Crippen molar-refractivity contribution in [2.75, 3.05) is 5.32 Å². The fraction of sp³-hybridized carbons (Fsp3) is 0.429. The van der Waals surface area contributed by atoms with Gasteiger partial charge in [0.05, 0.1) is 6.42 Å². The lowest BCUT2D eigenvalue weighted by atomic mass is 10.3. The van der Waals surface area contributed by atoms with Crippen molar-refractivity contribution in [1.82, 2.24) is 15.2 Å². The summed E-state index contributed by atoms with van der Waals surface area (Å²) in [7, 11) is 0. The summed E-state index contributed by atoms with van der Waals surface area (Å²) in [6.45, 7) is 1.69. The Labute approximate surface area is 79.5 Å². The average Bonchev–Trinajstić information content (AvgIpc) is 2.48. The number of H-pyrrole nitrogens is 1. The van der Waals surface area contributed by atoms with Crippen molar-refractivity contribution in [2.24, 2.45) is 0 Å². The molecule has 76 valence electrons. The van der Waals surface area contributed by atoms with Crippen LogP contribution in [0.3, 0.4) is 0 Å². The van der Waals surface area contributed by atoms with Crippen LogP contribution in [0.1, 0.15) is 18.7 Å². The fourth-order valence-electron chi connectivity index (χ4n) is 0.806. The van der Waals surface area contributed by atoms with Gasteiger partial charge in [-0.1, -0.05) is 0 Å². The molecule has 0 aliphatic heterocycles. The van der Waals surface area contributed by atoms with E-state index in [9.17, 15) is 9.59 Å². The number of hydrogen-bond donors (Lipinski definition) is 3.